The van der Waals surface area contributed by atoms with Crippen LogP contribution in [0.15, 0.2) is 60.9 Å². The van der Waals surface area contributed by atoms with Crippen LogP contribution in [0.3, 0.4) is 0 Å². The average molecular weight is 609 g/mol. The van der Waals surface area contributed by atoms with Crippen molar-refractivity contribution < 1.29 is 32.7 Å². The third-order valence-electron chi connectivity index (χ3n) is 6.42. The maximum absolute atomic E-state index is 12.7. The van der Waals surface area contributed by atoms with E-state index in [-0.39, 0.29) is 29.0 Å². The summed E-state index contributed by atoms with van der Waals surface area (Å²) in [6.07, 6.45) is 0.358. The van der Waals surface area contributed by atoms with Gasteiger partial charge in [0, 0.05) is 12.0 Å². The molecule has 1 aliphatic carbocycles. The predicted molar refractivity (Wildman–Crippen MR) is 154 cm³/mol. The van der Waals surface area contributed by atoms with E-state index in [4.69, 9.17) is 9.47 Å². The zero-order valence-corrected chi connectivity index (χ0v) is 23.7. The van der Waals surface area contributed by atoms with Crippen LogP contribution in [0.1, 0.15) is 28.9 Å². The number of methoxy groups -OCH3 is 1. The van der Waals surface area contributed by atoms with Crippen LogP contribution in [-0.2, 0) is 27.5 Å². The molecule has 0 saturated heterocycles. The highest BCUT2D eigenvalue weighted by molar-refractivity contribution is 5.99. The van der Waals surface area contributed by atoms with E-state index in [1.54, 1.807) is 29.2 Å². The van der Waals surface area contributed by atoms with Crippen LogP contribution in [0.5, 0.6) is 5.75 Å². The summed E-state index contributed by atoms with van der Waals surface area (Å²) >= 11 is 0. The molecule has 5 rings (SSSR count). The van der Waals surface area contributed by atoms with E-state index >= 15 is 0 Å². The highest BCUT2D eigenvalue weighted by Crippen LogP contribution is 2.37. The van der Waals surface area contributed by atoms with Crippen molar-refractivity contribution in [1.82, 2.24) is 30.4 Å². The Morgan fingerprint density at radius 1 is 1.07 bits per heavy atom. The van der Waals surface area contributed by atoms with Gasteiger partial charge in [-0.05, 0) is 30.5 Å². The number of benzene rings is 2. The molecule has 0 radical (unpaired) electrons. The number of nitrogens with zero attached hydrogens (tertiary/aromatic N) is 5. The zero-order chi connectivity index (χ0) is 30.9. The van der Waals surface area contributed by atoms with E-state index in [0.717, 1.165) is 18.4 Å². The number of hydrogen-bond acceptors (Lipinski definition) is 10. The maximum atomic E-state index is 12.7. The third kappa shape index (κ3) is 8.08. The molecule has 4 aromatic rings. The smallest absolute Gasteiger partial charge is 0.297 e. The standard InChI is InChI=1S/C29H30F2N8O5/c1-42-26-20(27-32-17-39(37-27)12-13-43-15-18-6-3-2-4-7-18)8-5-9-21(26)33-22-14-24(34-28(40)19-10-11-19)35-36-25(22)29(41)38-44-16-23(30)31/h2-9,14,17,19,23H,10-13,15-16H2,1H3,(H,38,41)(H2,33,34,35,40). The van der Waals surface area contributed by atoms with Gasteiger partial charge in [0.2, 0.25) is 5.91 Å². The molecule has 0 unspecified atom stereocenters. The van der Waals surface area contributed by atoms with Crippen molar-refractivity contribution in [1.29, 1.82) is 0 Å². The van der Waals surface area contributed by atoms with Gasteiger partial charge in [-0.2, -0.15) is 5.10 Å². The van der Waals surface area contributed by atoms with Crippen molar-refractivity contribution in [3.8, 4) is 17.1 Å². The Hall–Kier alpha value is -5.02. The molecule has 0 bridgehead atoms. The number of amides is 2. The van der Waals surface area contributed by atoms with Gasteiger partial charge in [-0.3, -0.25) is 19.1 Å². The molecule has 2 heterocycles. The Morgan fingerprint density at radius 3 is 2.64 bits per heavy atom. The van der Waals surface area contributed by atoms with Gasteiger partial charge in [-0.25, -0.2) is 19.2 Å². The number of alkyl halides is 2. The molecule has 0 spiro atoms. The number of nitrogens with one attached hydrogen (secondary N) is 3. The lowest BCUT2D eigenvalue weighted by atomic mass is 10.1. The zero-order valence-electron chi connectivity index (χ0n) is 23.7. The molecule has 44 heavy (non-hydrogen) atoms. The molecule has 1 fully saturated rings. The summed E-state index contributed by atoms with van der Waals surface area (Å²) in [6, 6.07) is 16.4. The lowest BCUT2D eigenvalue weighted by Crippen LogP contribution is -2.28. The van der Waals surface area contributed by atoms with E-state index < -0.39 is 18.9 Å². The molecule has 13 nitrogen and oxygen atoms in total. The van der Waals surface area contributed by atoms with Gasteiger partial charge in [0.25, 0.3) is 12.3 Å². The second kappa shape index (κ2) is 14.4. The van der Waals surface area contributed by atoms with Gasteiger partial charge >= 0.3 is 0 Å². The Morgan fingerprint density at radius 2 is 1.89 bits per heavy atom. The van der Waals surface area contributed by atoms with Crippen LogP contribution < -0.4 is 20.9 Å². The van der Waals surface area contributed by atoms with Crippen molar-refractivity contribution in [2.75, 3.05) is 31.0 Å². The molecular weight excluding hydrogens is 578 g/mol. The minimum atomic E-state index is -2.79. The quantitative estimate of drug-likeness (QED) is 0.133. The van der Waals surface area contributed by atoms with Gasteiger partial charge in [-0.1, -0.05) is 36.4 Å². The molecule has 2 amide bonds. The minimum absolute atomic E-state index is 0.0967. The molecule has 0 atom stereocenters. The summed E-state index contributed by atoms with van der Waals surface area (Å²) in [4.78, 5) is 34.0. The van der Waals surface area contributed by atoms with Gasteiger partial charge in [0.1, 0.15) is 12.9 Å². The van der Waals surface area contributed by atoms with Crippen LogP contribution in [0.4, 0.5) is 26.0 Å². The number of anilines is 3. The average Bonchev–Trinajstić information content (AvgIpc) is 3.78. The molecule has 2 aromatic heterocycles. The van der Waals surface area contributed by atoms with Crippen molar-refractivity contribution >= 4 is 29.0 Å². The molecule has 15 heteroatoms. The van der Waals surface area contributed by atoms with Crippen LogP contribution >= 0.6 is 0 Å². The van der Waals surface area contributed by atoms with Gasteiger partial charge in [0.15, 0.2) is 23.1 Å². The number of carbonyl (C=O) groups is 2. The molecule has 1 aliphatic rings. The van der Waals surface area contributed by atoms with Crippen molar-refractivity contribution in [2.45, 2.75) is 32.4 Å². The number of carbonyl (C=O) groups excluding carboxylic acids is 2. The summed E-state index contributed by atoms with van der Waals surface area (Å²) in [7, 11) is 1.47. The number of rotatable bonds is 15. The highest BCUT2D eigenvalue weighted by Gasteiger charge is 2.30. The number of hydrogen-bond donors (Lipinski definition) is 3. The van der Waals surface area contributed by atoms with E-state index in [9.17, 15) is 18.4 Å². The summed E-state index contributed by atoms with van der Waals surface area (Å²) in [6.45, 7) is 0.380. The predicted octanol–water partition coefficient (Wildman–Crippen LogP) is 3.98. The third-order valence-corrected chi connectivity index (χ3v) is 6.42. The summed E-state index contributed by atoms with van der Waals surface area (Å²) < 4.78 is 38.1. The van der Waals surface area contributed by atoms with Gasteiger partial charge in [0.05, 0.1) is 43.8 Å². The fourth-order valence-corrected chi connectivity index (χ4v) is 4.13. The summed E-state index contributed by atoms with van der Waals surface area (Å²) in [5, 5.41) is 18.1. The summed E-state index contributed by atoms with van der Waals surface area (Å²) in [5.41, 5.74) is 3.80. The van der Waals surface area contributed by atoms with Crippen LogP contribution in [0.2, 0.25) is 0 Å². The van der Waals surface area contributed by atoms with Crippen molar-refractivity contribution in [3.63, 3.8) is 0 Å². The first-order valence-electron chi connectivity index (χ1n) is 13.8. The first kappa shape index (κ1) is 30.4. The molecule has 1 saturated carbocycles. The Labute approximate surface area is 250 Å². The maximum Gasteiger partial charge on any atom is 0.297 e. The topological polar surface area (TPSA) is 154 Å². The van der Waals surface area contributed by atoms with E-state index in [2.05, 4.69) is 35.8 Å². The molecule has 0 aliphatic heterocycles. The lowest BCUT2D eigenvalue weighted by molar-refractivity contribution is -0.117. The Kier molecular flexibility index (Phi) is 9.99. The van der Waals surface area contributed by atoms with Gasteiger partial charge in [-0.15, -0.1) is 10.2 Å². The minimum Gasteiger partial charge on any atom is -0.494 e. The monoisotopic (exact) mass is 608 g/mol. The molecule has 2 aromatic carbocycles. The first-order valence-corrected chi connectivity index (χ1v) is 13.8. The van der Waals surface area contributed by atoms with Crippen LogP contribution in [0.25, 0.3) is 11.4 Å². The fraction of sp³-hybridized carbons (Fsp3) is 0.310. The molecule has 230 valence electrons. The second-order valence-electron chi connectivity index (χ2n) is 9.77. The Bertz CT molecular complexity index is 1580. The molecule has 3 N–H and O–H groups in total. The van der Waals surface area contributed by atoms with E-state index in [0.29, 0.717) is 42.6 Å². The van der Waals surface area contributed by atoms with Crippen molar-refractivity contribution in [2.24, 2.45) is 5.92 Å². The lowest BCUT2D eigenvalue weighted by Gasteiger charge is -2.16. The summed E-state index contributed by atoms with van der Waals surface area (Å²) in [5.74, 6) is -0.401. The highest BCUT2D eigenvalue weighted by atomic mass is 19.3. The van der Waals surface area contributed by atoms with E-state index in [1.807, 2.05) is 35.8 Å². The van der Waals surface area contributed by atoms with Crippen LogP contribution in [-0.4, -0.2) is 63.5 Å². The number of ether oxygens (including phenoxy) is 2. The number of para-hydroxylation sites is 1. The fourth-order valence-electron chi connectivity index (χ4n) is 4.13. The first-order chi connectivity index (χ1) is 21.4. The number of halogens is 2. The second-order valence-corrected chi connectivity index (χ2v) is 9.77. The molecular formula is C29H30F2N8O5. The Balaban J connectivity index is 1.33. The number of aromatic nitrogens is 5. The normalized spacial score (nSPS) is 12.6. The van der Waals surface area contributed by atoms with Crippen molar-refractivity contribution in [3.05, 3.63) is 72.2 Å². The SMILES string of the molecule is COc1c(Nc2cc(NC(=O)C3CC3)nnc2C(=O)NOCC(F)F)cccc1-c1ncn(CCOCc2ccccc2)n1. The number of hydroxylamine groups is 1. The largest absolute Gasteiger partial charge is 0.494 e. The van der Waals surface area contributed by atoms with Gasteiger partial charge < -0.3 is 20.1 Å². The van der Waals surface area contributed by atoms with Crippen LogP contribution in [0, 0.1) is 5.92 Å². The van der Waals surface area contributed by atoms with E-state index in [1.165, 1.54) is 13.2 Å².